The fourth-order valence-corrected chi connectivity index (χ4v) is 6.49. The highest BCUT2D eigenvalue weighted by Gasteiger charge is 2.35. The van der Waals surface area contributed by atoms with Crippen LogP contribution in [0, 0.1) is 5.82 Å². The van der Waals surface area contributed by atoms with E-state index in [0.29, 0.717) is 10.0 Å². The summed E-state index contributed by atoms with van der Waals surface area (Å²) in [5.74, 6) is -1.43. The van der Waals surface area contributed by atoms with Crippen molar-refractivity contribution in [2.45, 2.75) is 50.2 Å². The Balaban J connectivity index is 1.81. The number of halogens is 2. The Labute approximate surface area is 266 Å². The molecule has 0 bridgehead atoms. The fourth-order valence-electron chi connectivity index (χ4n) is 4.67. The predicted molar refractivity (Wildman–Crippen MR) is 174 cm³/mol. The highest BCUT2D eigenvalue weighted by atomic mass is 79.9. The molecule has 230 valence electrons. The zero-order valence-corrected chi connectivity index (χ0v) is 27.2. The second kappa shape index (κ2) is 14.2. The van der Waals surface area contributed by atoms with Gasteiger partial charge < -0.3 is 10.2 Å². The lowest BCUT2D eigenvalue weighted by atomic mass is 10.0. The minimum absolute atomic E-state index is 0.0178. The summed E-state index contributed by atoms with van der Waals surface area (Å²) in [6, 6.07) is 28.5. The van der Waals surface area contributed by atoms with Gasteiger partial charge in [0.25, 0.3) is 10.0 Å². The van der Waals surface area contributed by atoms with Crippen molar-refractivity contribution in [3.05, 3.63) is 131 Å². The highest BCUT2D eigenvalue weighted by Crippen LogP contribution is 2.27. The van der Waals surface area contributed by atoms with Gasteiger partial charge in [-0.05, 0) is 74.4 Å². The molecule has 7 nitrogen and oxygen atoms in total. The Kier molecular flexibility index (Phi) is 10.6. The molecule has 4 aromatic carbocycles. The summed E-state index contributed by atoms with van der Waals surface area (Å²) in [6.07, 6.45) is 0.179. The highest BCUT2D eigenvalue weighted by molar-refractivity contribution is 9.10. The van der Waals surface area contributed by atoms with Gasteiger partial charge in [-0.3, -0.25) is 13.9 Å². The molecule has 1 unspecified atom stereocenters. The molecule has 2 amide bonds. The van der Waals surface area contributed by atoms with Crippen LogP contribution in [0.3, 0.4) is 0 Å². The largest absolute Gasteiger partial charge is 0.350 e. The number of nitrogens with zero attached hydrogens (tertiary/aromatic N) is 2. The van der Waals surface area contributed by atoms with E-state index in [1.54, 1.807) is 54.6 Å². The van der Waals surface area contributed by atoms with Crippen molar-refractivity contribution in [2.75, 3.05) is 10.8 Å². The minimum atomic E-state index is -4.20. The van der Waals surface area contributed by atoms with E-state index in [9.17, 15) is 22.4 Å². The molecule has 0 radical (unpaired) electrons. The first-order chi connectivity index (χ1) is 20.8. The monoisotopic (exact) mass is 679 g/mol. The van der Waals surface area contributed by atoms with Crippen LogP contribution in [0.1, 0.15) is 31.9 Å². The number of nitrogens with one attached hydrogen (secondary N) is 1. The zero-order valence-electron chi connectivity index (χ0n) is 24.8. The van der Waals surface area contributed by atoms with Crippen molar-refractivity contribution in [1.82, 2.24) is 10.2 Å². The van der Waals surface area contributed by atoms with Gasteiger partial charge in [-0.2, -0.15) is 0 Å². The van der Waals surface area contributed by atoms with Crippen LogP contribution >= 0.6 is 15.9 Å². The Morgan fingerprint density at radius 2 is 1.45 bits per heavy atom. The Bertz CT molecular complexity index is 1680. The third-order valence-electron chi connectivity index (χ3n) is 6.74. The number of carbonyl (C=O) groups is 2. The first-order valence-corrected chi connectivity index (χ1v) is 16.3. The molecular formula is C34H35BrFN3O4S. The van der Waals surface area contributed by atoms with E-state index in [1.807, 2.05) is 51.1 Å². The van der Waals surface area contributed by atoms with Crippen molar-refractivity contribution in [1.29, 1.82) is 0 Å². The molecule has 1 atom stereocenters. The number of benzene rings is 4. The van der Waals surface area contributed by atoms with Crippen LogP contribution in [0.5, 0.6) is 0 Å². The molecule has 0 aliphatic carbocycles. The third-order valence-corrected chi connectivity index (χ3v) is 9.02. The number of sulfonamides is 1. The van der Waals surface area contributed by atoms with E-state index < -0.39 is 45.8 Å². The molecule has 0 heterocycles. The molecule has 0 saturated carbocycles. The lowest BCUT2D eigenvalue weighted by Gasteiger charge is -2.35. The molecule has 0 aliphatic rings. The van der Waals surface area contributed by atoms with E-state index in [2.05, 4.69) is 21.2 Å². The van der Waals surface area contributed by atoms with E-state index >= 15 is 0 Å². The van der Waals surface area contributed by atoms with Gasteiger partial charge in [-0.1, -0.05) is 82.7 Å². The lowest BCUT2D eigenvalue weighted by molar-refractivity contribution is -0.140. The van der Waals surface area contributed by atoms with E-state index in [4.69, 9.17) is 0 Å². The van der Waals surface area contributed by atoms with Crippen molar-refractivity contribution >= 4 is 43.5 Å². The SMILES string of the molecule is CC(C)(C)NC(=O)C(Cc1ccccc1)N(Cc1ccc(F)cc1)C(=O)CN(c1cccc(Br)c1)S(=O)(=O)c1ccccc1. The van der Waals surface area contributed by atoms with Crippen molar-refractivity contribution < 1.29 is 22.4 Å². The maximum Gasteiger partial charge on any atom is 0.264 e. The molecule has 0 saturated heterocycles. The standard InChI is InChI=1S/C34H35BrFN3O4S/c1-34(2,3)37-33(41)31(21-25-11-6-4-7-12-25)38(23-26-17-19-28(36)20-18-26)32(40)24-39(29-14-10-13-27(35)22-29)44(42,43)30-15-8-5-9-16-30/h4-20,22,31H,21,23-24H2,1-3H3,(H,37,41). The number of anilines is 1. The minimum Gasteiger partial charge on any atom is -0.350 e. The van der Waals surface area contributed by atoms with Gasteiger partial charge in [0.15, 0.2) is 0 Å². The third kappa shape index (κ3) is 8.76. The first kappa shape index (κ1) is 32.9. The fraction of sp³-hybridized carbons (Fsp3) is 0.235. The number of hydrogen-bond donors (Lipinski definition) is 1. The zero-order chi connectivity index (χ0) is 31.9. The summed E-state index contributed by atoms with van der Waals surface area (Å²) in [6.45, 7) is 4.91. The molecule has 0 aromatic heterocycles. The smallest absolute Gasteiger partial charge is 0.264 e. The second-order valence-electron chi connectivity index (χ2n) is 11.4. The summed E-state index contributed by atoms with van der Waals surface area (Å²) >= 11 is 3.41. The maximum absolute atomic E-state index is 14.4. The number of carbonyl (C=O) groups excluding carboxylic acids is 2. The molecule has 4 aromatic rings. The van der Waals surface area contributed by atoms with E-state index in [1.165, 1.54) is 29.2 Å². The van der Waals surface area contributed by atoms with Gasteiger partial charge in [0.1, 0.15) is 18.4 Å². The van der Waals surface area contributed by atoms with Crippen LogP contribution in [-0.2, 0) is 32.6 Å². The molecule has 4 rings (SSSR count). The van der Waals surface area contributed by atoms with Crippen LogP contribution in [0.2, 0.25) is 0 Å². The van der Waals surface area contributed by atoms with Crippen molar-refractivity contribution in [2.24, 2.45) is 0 Å². The summed E-state index contributed by atoms with van der Waals surface area (Å²) in [5.41, 5.74) is 1.08. The molecule has 44 heavy (non-hydrogen) atoms. The van der Waals surface area contributed by atoms with Crippen LogP contribution in [0.4, 0.5) is 10.1 Å². The second-order valence-corrected chi connectivity index (χ2v) is 14.2. The summed E-state index contributed by atoms with van der Waals surface area (Å²) in [4.78, 5) is 29.7. The maximum atomic E-state index is 14.4. The number of amides is 2. The van der Waals surface area contributed by atoms with Gasteiger partial charge in [0, 0.05) is 23.0 Å². The molecule has 0 fully saturated rings. The van der Waals surface area contributed by atoms with Gasteiger partial charge >= 0.3 is 0 Å². The molecule has 1 N–H and O–H groups in total. The Morgan fingerprint density at radius 1 is 0.841 bits per heavy atom. The Morgan fingerprint density at radius 3 is 2.05 bits per heavy atom. The van der Waals surface area contributed by atoms with Gasteiger partial charge in [0.05, 0.1) is 10.6 Å². The van der Waals surface area contributed by atoms with Gasteiger partial charge in [-0.25, -0.2) is 12.8 Å². The van der Waals surface area contributed by atoms with Crippen LogP contribution < -0.4 is 9.62 Å². The van der Waals surface area contributed by atoms with Gasteiger partial charge in [0.2, 0.25) is 11.8 Å². The number of hydrogen-bond acceptors (Lipinski definition) is 4. The number of rotatable bonds is 11. The van der Waals surface area contributed by atoms with E-state index in [-0.39, 0.29) is 23.5 Å². The summed E-state index contributed by atoms with van der Waals surface area (Å²) in [5, 5.41) is 2.99. The Hall–Kier alpha value is -4.02. The quantitative estimate of drug-likeness (QED) is 0.201. The molecule has 0 aliphatic heterocycles. The average Bonchev–Trinajstić information content (AvgIpc) is 2.98. The first-order valence-electron chi connectivity index (χ1n) is 14.1. The lowest BCUT2D eigenvalue weighted by Crippen LogP contribution is -2.56. The predicted octanol–water partition coefficient (Wildman–Crippen LogP) is 6.34. The van der Waals surface area contributed by atoms with E-state index in [0.717, 1.165) is 9.87 Å². The van der Waals surface area contributed by atoms with Crippen molar-refractivity contribution in [3.8, 4) is 0 Å². The molecular weight excluding hydrogens is 645 g/mol. The normalized spacial score (nSPS) is 12.3. The van der Waals surface area contributed by atoms with Crippen LogP contribution in [0.15, 0.2) is 119 Å². The average molecular weight is 681 g/mol. The van der Waals surface area contributed by atoms with Gasteiger partial charge in [-0.15, -0.1) is 0 Å². The topological polar surface area (TPSA) is 86.8 Å². The van der Waals surface area contributed by atoms with Crippen molar-refractivity contribution in [3.63, 3.8) is 0 Å². The van der Waals surface area contributed by atoms with Crippen LogP contribution in [-0.4, -0.2) is 43.3 Å². The summed E-state index contributed by atoms with van der Waals surface area (Å²) in [7, 11) is -4.20. The summed E-state index contributed by atoms with van der Waals surface area (Å²) < 4.78 is 43.5. The molecule has 0 spiro atoms. The molecule has 10 heteroatoms. The van der Waals surface area contributed by atoms with Crippen LogP contribution in [0.25, 0.3) is 0 Å².